The summed E-state index contributed by atoms with van der Waals surface area (Å²) in [6.07, 6.45) is 49.3. The van der Waals surface area contributed by atoms with E-state index in [1.807, 2.05) is 0 Å². The first-order valence-corrected chi connectivity index (χ1v) is 21.9. The zero-order valence-electron chi connectivity index (χ0n) is 33.5. The third-order valence-electron chi connectivity index (χ3n) is 11.5. The Kier molecular flexibility index (Phi) is 38.4. The number of quaternary nitrogens is 1. The lowest BCUT2D eigenvalue weighted by Crippen LogP contribution is -3.00. The first-order valence-electron chi connectivity index (χ1n) is 21.9. The van der Waals surface area contributed by atoms with E-state index in [1.54, 1.807) is 0 Å². The molecule has 0 unspecified atom stereocenters. The van der Waals surface area contributed by atoms with E-state index in [-0.39, 0.29) is 12.4 Å². The molecule has 0 atom stereocenters. The first-order chi connectivity index (χ1) is 22.0. The molecule has 0 rings (SSSR count). The van der Waals surface area contributed by atoms with Crippen LogP contribution < -0.4 is 12.4 Å². The topological polar surface area (TPSA) is 0 Å². The second-order valence-corrected chi connectivity index (χ2v) is 16.1. The molecule has 0 saturated carbocycles. The van der Waals surface area contributed by atoms with Crippen LogP contribution in [-0.2, 0) is 0 Å². The van der Waals surface area contributed by atoms with Crippen molar-refractivity contribution in [1.82, 2.24) is 0 Å². The molecule has 0 fully saturated rings. The van der Waals surface area contributed by atoms with Gasteiger partial charge in [0.25, 0.3) is 0 Å². The molecular weight excluding hydrogens is 578 g/mol. The third kappa shape index (κ3) is 28.1. The maximum Gasteiger partial charge on any atom is 0.0935 e. The number of rotatable bonds is 38. The molecular formula is C44H92ClN. The molecule has 46 heavy (non-hydrogen) atoms. The molecule has 0 aromatic heterocycles. The van der Waals surface area contributed by atoms with Crippen LogP contribution in [0, 0.1) is 0 Å². The highest BCUT2D eigenvalue weighted by Crippen LogP contribution is 2.34. The number of hydrogen-bond donors (Lipinski definition) is 0. The third-order valence-corrected chi connectivity index (χ3v) is 11.5. The predicted octanol–water partition coefficient (Wildman–Crippen LogP) is 12.9. The lowest BCUT2D eigenvalue weighted by Gasteiger charge is -2.51. The predicted molar refractivity (Wildman–Crippen MR) is 209 cm³/mol. The van der Waals surface area contributed by atoms with Crippen molar-refractivity contribution in [2.75, 3.05) is 19.6 Å². The Morgan fingerprint density at radius 3 is 0.717 bits per heavy atom. The number of hydrogen-bond acceptors (Lipinski definition) is 0. The van der Waals surface area contributed by atoms with Crippen molar-refractivity contribution < 1.29 is 16.9 Å². The summed E-state index contributed by atoms with van der Waals surface area (Å²) in [4.78, 5) is 0. The van der Waals surface area contributed by atoms with Crippen LogP contribution in [0.15, 0.2) is 0 Å². The molecule has 0 bridgehead atoms. The lowest BCUT2D eigenvalue weighted by molar-refractivity contribution is -0.973. The van der Waals surface area contributed by atoms with Gasteiger partial charge in [0.15, 0.2) is 0 Å². The minimum absolute atomic E-state index is 0. The Balaban J connectivity index is 0. The minimum Gasteiger partial charge on any atom is -1.00 e. The fourth-order valence-electron chi connectivity index (χ4n) is 7.99. The summed E-state index contributed by atoms with van der Waals surface area (Å²) in [6, 6.07) is 0. The SMILES string of the molecule is CCCCCCCCCCC[N+](CCCCCCCCCC)(CCCCCCCCCC)C(C)(C)CCCCCCCCCC.[Cl-]. The normalized spacial score (nSPS) is 12.1. The Labute approximate surface area is 301 Å². The summed E-state index contributed by atoms with van der Waals surface area (Å²) in [6.45, 7) is 19.1. The van der Waals surface area contributed by atoms with E-state index in [2.05, 4.69) is 41.5 Å². The Morgan fingerprint density at radius 2 is 0.478 bits per heavy atom. The Bertz CT molecular complexity index is 538. The lowest BCUT2D eigenvalue weighted by atomic mass is 9.88. The van der Waals surface area contributed by atoms with Crippen molar-refractivity contribution in [3.63, 3.8) is 0 Å². The summed E-state index contributed by atoms with van der Waals surface area (Å²) in [5, 5.41) is 0. The summed E-state index contributed by atoms with van der Waals surface area (Å²) in [7, 11) is 0. The molecule has 0 amide bonds. The van der Waals surface area contributed by atoms with Gasteiger partial charge in [-0.3, -0.25) is 0 Å². The monoisotopic (exact) mass is 670 g/mol. The molecule has 0 heterocycles. The Morgan fingerprint density at radius 1 is 0.283 bits per heavy atom. The van der Waals surface area contributed by atoms with Crippen LogP contribution in [-0.4, -0.2) is 29.7 Å². The molecule has 280 valence electrons. The van der Waals surface area contributed by atoms with Gasteiger partial charge in [0.2, 0.25) is 0 Å². The largest absolute Gasteiger partial charge is 1.00 e. The van der Waals surface area contributed by atoms with Gasteiger partial charge in [0.05, 0.1) is 25.2 Å². The molecule has 1 nitrogen and oxygen atoms in total. The molecule has 0 N–H and O–H groups in total. The zero-order chi connectivity index (χ0) is 33.2. The second-order valence-electron chi connectivity index (χ2n) is 16.1. The molecule has 0 aromatic rings. The van der Waals surface area contributed by atoms with E-state index in [9.17, 15) is 0 Å². The molecule has 0 aromatic carbocycles. The van der Waals surface area contributed by atoms with Crippen molar-refractivity contribution in [3.05, 3.63) is 0 Å². The van der Waals surface area contributed by atoms with Gasteiger partial charge in [-0.15, -0.1) is 0 Å². The van der Waals surface area contributed by atoms with E-state index in [1.165, 1.54) is 242 Å². The van der Waals surface area contributed by atoms with Crippen LogP contribution in [0.2, 0.25) is 0 Å². The van der Waals surface area contributed by atoms with Gasteiger partial charge in [-0.25, -0.2) is 0 Å². The van der Waals surface area contributed by atoms with Crippen LogP contribution in [0.25, 0.3) is 0 Å². The van der Waals surface area contributed by atoms with E-state index in [4.69, 9.17) is 0 Å². The average molecular weight is 671 g/mol. The van der Waals surface area contributed by atoms with Gasteiger partial charge in [-0.05, 0) is 58.8 Å². The van der Waals surface area contributed by atoms with Crippen molar-refractivity contribution in [2.24, 2.45) is 0 Å². The van der Waals surface area contributed by atoms with Crippen LogP contribution in [0.3, 0.4) is 0 Å². The second kappa shape index (κ2) is 36.5. The number of halogens is 1. The average Bonchev–Trinajstić information content (AvgIpc) is 3.03. The fraction of sp³-hybridized carbons (Fsp3) is 1.00. The molecule has 0 aliphatic carbocycles. The van der Waals surface area contributed by atoms with Crippen molar-refractivity contribution >= 4 is 0 Å². The number of unbranched alkanes of at least 4 members (excludes halogenated alkanes) is 29. The van der Waals surface area contributed by atoms with Crippen LogP contribution >= 0.6 is 0 Å². The van der Waals surface area contributed by atoms with Gasteiger partial charge in [-0.2, -0.15) is 0 Å². The first kappa shape index (κ1) is 48.4. The summed E-state index contributed by atoms with van der Waals surface area (Å²) in [5.41, 5.74) is 0.421. The van der Waals surface area contributed by atoms with Crippen LogP contribution in [0.5, 0.6) is 0 Å². The highest BCUT2D eigenvalue weighted by molar-refractivity contribution is 4.73. The number of nitrogens with zero attached hydrogens (tertiary/aromatic N) is 1. The smallest absolute Gasteiger partial charge is 0.0935 e. The van der Waals surface area contributed by atoms with Crippen molar-refractivity contribution in [1.29, 1.82) is 0 Å². The van der Waals surface area contributed by atoms with Crippen molar-refractivity contribution in [3.8, 4) is 0 Å². The minimum atomic E-state index is 0. The van der Waals surface area contributed by atoms with Crippen LogP contribution in [0.1, 0.15) is 260 Å². The maximum atomic E-state index is 2.71. The van der Waals surface area contributed by atoms with Crippen molar-refractivity contribution in [2.45, 2.75) is 265 Å². The van der Waals surface area contributed by atoms with Gasteiger partial charge < -0.3 is 16.9 Å². The molecule has 2 heteroatoms. The van der Waals surface area contributed by atoms with Gasteiger partial charge in [-0.1, -0.05) is 195 Å². The van der Waals surface area contributed by atoms with E-state index < -0.39 is 0 Å². The summed E-state index contributed by atoms with van der Waals surface area (Å²) in [5.74, 6) is 0. The van der Waals surface area contributed by atoms with E-state index in [0.29, 0.717) is 5.54 Å². The standard InChI is InChI=1S/C44H92N.ClH/c1-7-11-15-19-23-27-31-35-39-43-45(41-37-33-29-25-21-17-13-9-3,42-38-34-30-26-22-18-14-10-4)44(5,6)40-36-32-28-24-20-16-12-8-2;/h7-43H2,1-6H3;1H/q+1;/p-1. The van der Waals surface area contributed by atoms with Gasteiger partial charge >= 0.3 is 0 Å². The Hall–Kier alpha value is 0.250. The summed E-state index contributed by atoms with van der Waals surface area (Å²) >= 11 is 0. The molecule has 0 saturated heterocycles. The fourth-order valence-corrected chi connectivity index (χ4v) is 7.99. The molecule has 0 spiro atoms. The van der Waals surface area contributed by atoms with Gasteiger partial charge in [0.1, 0.15) is 0 Å². The zero-order valence-corrected chi connectivity index (χ0v) is 34.2. The van der Waals surface area contributed by atoms with E-state index >= 15 is 0 Å². The molecule has 0 aliphatic rings. The quantitative estimate of drug-likeness (QED) is 0.0453. The maximum absolute atomic E-state index is 2.71. The van der Waals surface area contributed by atoms with Gasteiger partial charge in [0, 0.05) is 6.42 Å². The van der Waals surface area contributed by atoms with Crippen LogP contribution in [0.4, 0.5) is 0 Å². The van der Waals surface area contributed by atoms with E-state index in [0.717, 1.165) is 0 Å². The summed E-state index contributed by atoms with van der Waals surface area (Å²) < 4.78 is 1.44. The highest BCUT2D eigenvalue weighted by Gasteiger charge is 2.41. The highest BCUT2D eigenvalue weighted by atomic mass is 35.5. The molecule has 0 aliphatic heterocycles. The molecule has 0 radical (unpaired) electrons.